The fourth-order valence-corrected chi connectivity index (χ4v) is 16.0. The second-order valence-electron chi connectivity index (χ2n) is 12.0. The molecule has 1 saturated heterocycles. The minimum Gasteiger partial charge on any atom is -0.319 e. The molecule has 3 nitrogen and oxygen atoms in total. The second kappa shape index (κ2) is 10.2. The third-order valence-corrected chi connectivity index (χ3v) is 13.7. The van der Waals surface area contributed by atoms with E-state index in [9.17, 15) is 0 Å². The van der Waals surface area contributed by atoms with Crippen LogP contribution in [0.1, 0.15) is 57.1 Å². The van der Waals surface area contributed by atoms with Crippen LogP contribution in [0.2, 0.25) is 39.3 Å². The number of nitrogens with zero attached hydrogens (tertiary/aromatic N) is 2. The molecular formula is C24H45N2OPSSi2. The maximum absolute atomic E-state index is 7.26. The third-order valence-electron chi connectivity index (χ3n) is 6.37. The minimum atomic E-state index is -2.27. The lowest BCUT2D eigenvalue weighted by molar-refractivity contribution is 0.188. The standard InChI is InChI=1S/C24H45N2OPSSi2/c1-8-14-24(21-15-10-9-11-16-21)27-28(29)25(19-30(2,3)4)22-17-12-13-18-23(22)26(28)20-31(5,6)7/h9-11,15-16,22-24H,8,12-14,17-20H2,1-7H3/t22-,23-,24+/m1/s1. The Balaban J connectivity index is 2.04. The van der Waals surface area contributed by atoms with Gasteiger partial charge in [0.25, 0.3) is 0 Å². The summed E-state index contributed by atoms with van der Waals surface area (Å²) in [4.78, 5) is 0. The van der Waals surface area contributed by atoms with E-state index < -0.39 is 22.7 Å². The summed E-state index contributed by atoms with van der Waals surface area (Å²) in [6.45, 7) is 15.0. The van der Waals surface area contributed by atoms with E-state index in [1.807, 2.05) is 0 Å². The van der Waals surface area contributed by atoms with Crippen molar-refractivity contribution in [2.45, 2.75) is 103 Å². The first-order valence-electron chi connectivity index (χ1n) is 12.3. The lowest BCUT2D eigenvalue weighted by atomic mass is 9.90. The second-order valence-corrected chi connectivity index (χ2v) is 26.5. The average molecular weight is 497 g/mol. The van der Waals surface area contributed by atoms with Crippen LogP contribution in [0.3, 0.4) is 0 Å². The topological polar surface area (TPSA) is 15.7 Å². The van der Waals surface area contributed by atoms with Crippen molar-refractivity contribution in [2.24, 2.45) is 0 Å². The molecule has 1 aromatic rings. The smallest absolute Gasteiger partial charge is 0.204 e. The van der Waals surface area contributed by atoms with Crippen LogP contribution in [0.15, 0.2) is 30.3 Å². The Bertz CT molecular complexity index is 729. The summed E-state index contributed by atoms with van der Waals surface area (Å²) in [6, 6.07) is 12.0. The largest absolute Gasteiger partial charge is 0.319 e. The quantitative estimate of drug-likeness (QED) is 0.260. The lowest BCUT2D eigenvalue weighted by Crippen LogP contribution is -2.46. The Labute approximate surface area is 199 Å². The van der Waals surface area contributed by atoms with Crippen LogP contribution in [0.25, 0.3) is 0 Å². The molecule has 1 aliphatic heterocycles. The molecule has 0 bridgehead atoms. The first-order valence-corrected chi connectivity index (χ1v) is 22.4. The van der Waals surface area contributed by atoms with Crippen molar-refractivity contribution in [3.05, 3.63) is 35.9 Å². The summed E-state index contributed by atoms with van der Waals surface area (Å²) in [6.07, 6.45) is 9.87. The molecular weight excluding hydrogens is 451 g/mol. The minimum absolute atomic E-state index is 0.102. The summed E-state index contributed by atoms with van der Waals surface area (Å²) in [5, 5.41) is 0. The van der Waals surface area contributed by atoms with Gasteiger partial charge in [0, 0.05) is 24.4 Å². The third kappa shape index (κ3) is 6.40. The van der Waals surface area contributed by atoms with Crippen LogP contribution in [0.5, 0.6) is 0 Å². The zero-order valence-corrected chi connectivity index (χ0v) is 24.6. The van der Waals surface area contributed by atoms with Gasteiger partial charge in [-0.05, 0) is 36.6 Å². The van der Waals surface area contributed by atoms with Crippen molar-refractivity contribution in [1.29, 1.82) is 0 Å². The van der Waals surface area contributed by atoms with Gasteiger partial charge in [0.15, 0.2) is 0 Å². The number of benzene rings is 1. The Kier molecular flexibility index (Phi) is 8.50. The van der Waals surface area contributed by atoms with E-state index in [1.165, 1.54) is 43.6 Å². The number of hydrogen-bond acceptors (Lipinski definition) is 2. The summed E-state index contributed by atoms with van der Waals surface area (Å²) >= 11 is 6.74. The molecule has 2 aliphatic rings. The SMILES string of the molecule is CCC[C@H](OP1(=S)N(C[Si](C)(C)C)[C@@H]2CCCC[C@H]2N1C[Si](C)(C)C)c1ccccc1. The first kappa shape index (κ1) is 25.8. The highest BCUT2D eigenvalue weighted by Gasteiger charge is 2.55. The molecule has 31 heavy (non-hydrogen) atoms. The molecule has 3 rings (SSSR count). The summed E-state index contributed by atoms with van der Waals surface area (Å²) in [5.41, 5.74) is 1.30. The Morgan fingerprint density at radius 2 is 1.42 bits per heavy atom. The molecule has 0 N–H and O–H groups in total. The molecule has 3 atom stereocenters. The van der Waals surface area contributed by atoms with Crippen LogP contribution in [-0.4, -0.2) is 49.9 Å². The summed E-state index contributed by atoms with van der Waals surface area (Å²) in [7, 11) is -2.67. The molecule has 0 radical (unpaired) electrons. The van der Waals surface area contributed by atoms with Gasteiger partial charge in [-0.3, -0.25) is 0 Å². The Morgan fingerprint density at radius 3 is 1.84 bits per heavy atom. The Hall–Kier alpha value is 0.184. The molecule has 1 heterocycles. The Morgan fingerprint density at radius 1 is 0.935 bits per heavy atom. The monoisotopic (exact) mass is 496 g/mol. The number of hydrogen-bond donors (Lipinski definition) is 0. The first-order chi connectivity index (χ1) is 14.4. The van der Waals surface area contributed by atoms with Crippen LogP contribution in [0, 0.1) is 0 Å². The average Bonchev–Trinajstić information content (AvgIpc) is 2.89. The fourth-order valence-electron chi connectivity index (χ4n) is 5.19. The zero-order chi connectivity index (χ0) is 22.9. The molecule has 2 fully saturated rings. The summed E-state index contributed by atoms with van der Waals surface area (Å²) < 4.78 is 12.8. The van der Waals surface area contributed by atoms with Crippen LogP contribution in [0.4, 0.5) is 0 Å². The maximum Gasteiger partial charge on any atom is 0.204 e. The van der Waals surface area contributed by atoms with Gasteiger partial charge in [-0.2, -0.15) is 0 Å². The van der Waals surface area contributed by atoms with Gasteiger partial charge < -0.3 is 4.52 Å². The van der Waals surface area contributed by atoms with Crippen molar-refractivity contribution < 1.29 is 4.52 Å². The van der Waals surface area contributed by atoms with Crippen molar-refractivity contribution in [3.63, 3.8) is 0 Å². The van der Waals surface area contributed by atoms with E-state index in [0.717, 1.165) is 12.8 Å². The predicted molar refractivity (Wildman–Crippen MR) is 146 cm³/mol. The number of rotatable bonds is 9. The molecule has 1 aromatic carbocycles. The van der Waals surface area contributed by atoms with Crippen molar-refractivity contribution >= 4 is 34.5 Å². The highest BCUT2D eigenvalue weighted by atomic mass is 32.5. The van der Waals surface area contributed by atoms with Crippen LogP contribution >= 0.6 is 6.57 Å². The highest BCUT2D eigenvalue weighted by molar-refractivity contribution is 8.10. The summed E-state index contributed by atoms with van der Waals surface area (Å²) in [5.74, 6) is 0. The van der Waals surface area contributed by atoms with Crippen molar-refractivity contribution in [3.8, 4) is 0 Å². The van der Waals surface area contributed by atoms with Gasteiger partial charge in [-0.15, -0.1) is 0 Å². The van der Waals surface area contributed by atoms with E-state index in [2.05, 4.69) is 85.9 Å². The normalized spacial score (nSPS) is 26.0. The molecule has 176 valence electrons. The van der Waals surface area contributed by atoms with Crippen LogP contribution in [-0.2, 0) is 16.3 Å². The molecule has 0 aromatic heterocycles. The zero-order valence-electron chi connectivity index (χ0n) is 20.9. The molecule has 7 heteroatoms. The fraction of sp³-hybridized carbons (Fsp3) is 0.750. The molecule has 1 saturated carbocycles. The van der Waals surface area contributed by atoms with E-state index in [4.69, 9.17) is 16.3 Å². The van der Waals surface area contributed by atoms with Crippen molar-refractivity contribution in [2.75, 3.05) is 12.3 Å². The van der Waals surface area contributed by atoms with Gasteiger partial charge in [0.05, 0.1) is 22.3 Å². The van der Waals surface area contributed by atoms with Crippen molar-refractivity contribution in [1.82, 2.24) is 9.34 Å². The molecule has 0 spiro atoms. The van der Waals surface area contributed by atoms with Gasteiger partial charge in [0.1, 0.15) is 0 Å². The predicted octanol–water partition coefficient (Wildman–Crippen LogP) is 7.45. The molecule has 1 aliphatic carbocycles. The van der Waals surface area contributed by atoms with Gasteiger partial charge >= 0.3 is 0 Å². The van der Waals surface area contributed by atoms with E-state index in [-0.39, 0.29) is 6.10 Å². The van der Waals surface area contributed by atoms with Gasteiger partial charge in [-0.25, -0.2) is 9.34 Å². The molecule has 0 unspecified atom stereocenters. The van der Waals surface area contributed by atoms with Crippen LogP contribution < -0.4 is 0 Å². The van der Waals surface area contributed by atoms with Gasteiger partial charge in [-0.1, -0.05) is 95.8 Å². The molecule has 0 amide bonds. The maximum atomic E-state index is 7.26. The van der Waals surface area contributed by atoms with E-state index in [1.54, 1.807) is 0 Å². The lowest BCUT2D eigenvalue weighted by Gasteiger charge is -2.41. The highest BCUT2D eigenvalue weighted by Crippen LogP contribution is 2.67. The number of fused-ring (bicyclic) bond motifs is 1. The van der Waals surface area contributed by atoms with E-state index >= 15 is 0 Å². The van der Waals surface area contributed by atoms with Gasteiger partial charge in [0.2, 0.25) is 6.57 Å². The van der Waals surface area contributed by atoms with E-state index in [0.29, 0.717) is 12.1 Å².